The summed E-state index contributed by atoms with van der Waals surface area (Å²) in [5.74, 6) is 1.39. The van der Waals surface area contributed by atoms with Gasteiger partial charge in [0.05, 0.1) is 18.8 Å². The largest absolute Gasteiger partial charge is 0.497 e. The van der Waals surface area contributed by atoms with Crippen molar-refractivity contribution in [2.75, 3.05) is 27.2 Å². The van der Waals surface area contributed by atoms with E-state index >= 15 is 0 Å². The van der Waals surface area contributed by atoms with Crippen LogP contribution in [0.3, 0.4) is 0 Å². The van der Waals surface area contributed by atoms with E-state index in [9.17, 15) is 4.79 Å². The Morgan fingerprint density at radius 3 is 2.48 bits per heavy atom. The van der Waals surface area contributed by atoms with E-state index in [0.717, 1.165) is 38.2 Å². The second kappa shape index (κ2) is 7.00. The lowest BCUT2D eigenvalue weighted by Gasteiger charge is -2.46. The van der Waals surface area contributed by atoms with Crippen molar-refractivity contribution in [1.29, 1.82) is 0 Å². The predicted molar refractivity (Wildman–Crippen MR) is 104 cm³/mol. The number of hydrogen-bond acceptors (Lipinski definition) is 4. The molecule has 0 aliphatic carbocycles. The van der Waals surface area contributed by atoms with E-state index in [1.165, 1.54) is 11.1 Å². The average Bonchev–Trinajstić information content (AvgIpc) is 3.21. The molecule has 27 heavy (non-hydrogen) atoms. The van der Waals surface area contributed by atoms with Crippen molar-refractivity contribution in [3.8, 4) is 5.75 Å². The van der Waals surface area contributed by atoms with E-state index in [1.54, 1.807) is 7.11 Å². The number of nitrogens with zero attached hydrogens (tertiary/aromatic N) is 4. The number of benzene rings is 1. The molecule has 2 aliphatic rings. The molecule has 2 fully saturated rings. The van der Waals surface area contributed by atoms with Gasteiger partial charge in [-0.1, -0.05) is 12.1 Å². The number of carbonyl (C=O) groups is 1. The van der Waals surface area contributed by atoms with Crippen molar-refractivity contribution in [1.82, 2.24) is 19.6 Å². The smallest absolute Gasteiger partial charge is 0.223 e. The fraction of sp³-hybridized carbons (Fsp3) is 0.524. The van der Waals surface area contributed by atoms with Gasteiger partial charge >= 0.3 is 0 Å². The molecule has 0 radical (unpaired) electrons. The van der Waals surface area contributed by atoms with Crippen LogP contribution in [-0.4, -0.2) is 58.3 Å². The maximum absolute atomic E-state index is 12.5. The predicted octanol–water partition coefficient (Wildman–Crippen LogP) is 2.41. The Kier molecular flexibility index (Phi) is 4.68. The lowest BCUT2D eigenvalue weighted by Crippen LogP contribution is -2.53. The summed E-state index contributed by atoms with van der Waals surface area (Å²) in [4.78, 5) is 17.1. The van der Waals surface area contributed by atoms with E-state index in [2.05, 4.69) is 28.3 Å². The third kappa shape index (κ3) is 3.23. The van der Waals surface area contributed by atoms with E-state index in [1.807, 2.05) is 42.0 Å². The molecule has 3 heterocycles. The van der Waals surface area contributed by atoms with E-state index < -0.39 is 0 Å². The number of methoxy groups -OCH3 is 1. The summed E-state index contributed by atoms with van der Waals surface area (Å²) < 4.78 is 7.08. The minimum atomic E-state index is -0.0729. The molecular weight excluding hydrogens is 340 g/mol. The van der Waals surface area contributed by atoms with Crippen molar-refractivity contribution in [2.24, 2.45) is 7.05 Å². The average molecular weight is 368 g/mol. The molecule has 0 saturated carbocycles. The fourth-order valence-corrected chi connectivity index (χ4v) is 4.80. The maximum atomic E-state index is 12.5. The molecule has 2 saturated heterocycles. The first-order chi connectivity index (χ1) is 13.0. The van der Waals surface area contributed by atoms with E-state index in [0.29, 0.717) is 6.42 Å². The number of aryl methyl sites for hydroxylation is 1. The van der Waals surface area contributed by atoms with Gasteiger partial charge in [0, 0.05) is 52.3 Å². The molecule has 1 atom stereocenters. The van der Waals surface area contributed by atoms with E-state index in [4.69, 9.17) is 4.74 Å². The van der Waals surface area contributed by atoms with Crippen molar-refractivity contribution >= 4 is 5.91 Å². The van der Waals surface area contributed by atoms with Crippen LogP contribution in [-0.2, 0) is 18.4 Å². The highest BCUT2D eigenvalue weighted by Gasteiger charge is 2.52. The van der Waals surface area contributed by atoms with Gasteiger partial charge in [-0.25, -0.2) is 0 Å². The Hall–Kier alpha value is -2.34. The van der Waals surface area contributed by atoms with E-state index in [-0.39, 0.29) is 17.4 Å². The highest BCUT2D eigenvalue weighted by atomic mass is 16.5. The van der Waals surface area contributed by atoms with Gasteiger partial charge < -0.3 is 9.64 Å². The molecule has 4 rings (SSSR count). The Bertz CT molecular complexity index is 806. The van der Waals surface area contributed by atoms with Crippen LogP contribution in [0.25, 0.3) is 0 Å². The van der Waals surface area contributed by atoms with Gasteiger partial charge in [0.2, 0.25) is 5.91 Å². The van der Waals surface area contributed by atoms with Gasteiger partial charge in [0.25, 0.3) is 0 Å². The highest BCUT2D eigenvalue weighted by molar-refractivity contribution is 5.81. The van der Waals surface area contributed by atoms with Crippen LogP contribution in [0.15, 0.2) is 36.7 Å². The Morgan fingerprint density at radius 1 is 1.19 bits per heavy atom. The quantitative estimate of drug-likeness (QED) is 0.832. The zero-order chi connectivity index (χ0) is 19.0. The van der Waals surface area contributed by atoms with Crippen LogP contribution in [0.1, 0.15) is 36.3 Å². The summed E-state index contributed by atoms with van der Waals surface area (Å²) in [5, 5.41) is 4.34. The summed E-state index contributed by atoms with van der Waals surface area (Å²) >= 11 is 0. The van der Waals surface area contributed by atoms with Crippen molar-refractivity contribution in [3.63, 3.8) is 0 Å². The first kappa shape index (κ1) is 18.0. The zero-order valence-electron chi connectivity index (χ0n) is 16.4. The molecular formula is C21H28N4O2. The normalized spacial score (nSPS) is 22.6. The fourth-order valence-electron chi connectivity index (χ4n) is 4.80. The lowest BCUT2D eigenvalue weighted by atomic mass is 9.74. The molecule has 6 heteroatoms. The van der Waals surface area contributed by atoms with Gasteiger partial charge in [-0.2, -0.15) is 5.10 Å². The van der Waals surface area contributed by atoms with Crippen LogP contribution in [0, 0.1) is 0 Å². The number of hydrogen-bond donors (Lipinski definition) is 0. The molecule has 0 unspecified atom stereocenters. The molecule has 2 aromatic rings. The summed E-state index contributed by atoms with van der Waals surface area (Å²) in [6.07, 6.45) is 6.61. The first-order valence-electron chi connectivity index (χ1n) is 9.62. The number of amides is 1. The maximum Gasteiger partial charge on any atom is 0.223 e. The number of aromatic nitrogens is 2. The van der Waals surface area contributed by atoms with Crippen LogP contribution in [0.5, 0.6) is 5.75 Å². The summed E-state index contributed by atoms with van der Waals surface area (Å²) in [7, 11) is 5.61. The molecule has 0 N–H and O–H groups in total. The lowest BCUT2D eigenvalue weighted by molar-refractivity contribution is -0.130. The Morgan fingerprint density at radius 2 is 1.89 bits per heavy atom. The second-order valence-electron chi connectivity index (χ2n) is 7.88. The highest BCUT2D eigenvalue weighted by Crippen LogP contribution is 2.48. The van der Waals surface area contributed by atoms with Crippen LogP contribution in [0.4, 0.5) is 0 Å². The van der Waals surface area contributed by atoms with Gasteiger partial charge in [-0.15, -0.1) is 0 Å². The Balaban J connectivity index is 1.47. The van der Waals surface area contributed by atoms with Crippen molar-refractivity contribution < 1.29 is 9.53 Å². The third-order valence-corrected chi connectivity index (χ3v) is 6.48. The molecule has 1 spiro atoms. The SMILES string of the molecule is COc1ccc(CN2CCC3(CC2)[C@@H](c2cnn(C)c2)CC(=O)N3C)cc1. The van der Waals surface area contributed by atoms with Crippen molar-refractivity contribution in [3.05, 3.63) is 47.8 Å². The topological polar surface area (TPSA) is 50.6 Å². The van der Waals surface area contributed by atoms with Crippen LogP contribution >= 0.6 is 0 Å². The van der Waals surface area contributed by atoms with Gasteiger partial charge in [-0.05, 0) is 36.1 Å². The molecule has 6 nitrogen and oxygen atoms in total. The summed E-state index contributed by atoms with van der Waals surface area (Å²) in [5.41, 5.74) is 2.42. The standard InChI is InChI=1S/C21H28N4O2/c1-23-15-17(13-22-23)19-12-20(26)24(2)21(19)8-10-25(11-9-21)14-16-4-6-18(27-3)7-5-16/h4-7,13,15,19H,8-12,14H2,1-3H3/t19-/m1/s1. The molecule has 144 valence electrons. The third-order valence-electron chi connectivity index (χ3n) is 6.48. The zero-order valence-corrected chi connectivity index (χ0v) is 16.4. The molecule has 1 aromatic heterocycles. The van der Waals surface area contributed by atoms with Crippen molar-refractivity contribution in [2.45, 2.75) is 37.3 Å². The molecule has 2 aliphatic heterocycles. The monoisotopic (exact) mass is 368 g/mol. The number of rotatable bonds is 4. The Labute approximate surface area is 160 Å². The van der Waals surface area contributed by atoms with Gasteiger partial charge in [0.1, 0.15) is 5.75 Å². The minimum absolute atomic E-state index is 0.0729. The molecule has 1 aromatic carbocycles. The molecule has 1 amide bonds. The summed E-state index contributed by atoms with van der Waals surface area (Å²) in [6, 6.07) is 8.30. The summed E-state index contributed by atoms with van der Waals surface area (Å²) in [6.45, 7) is 2.94. The first-order valence-corrected chi connectivity index (χ1v) is 9.62. The number of ether oxygens (including phenoxy) is 1. The minimum Gasteiger partial charge on any atom is -0.497 e. The van der Waals surface area contributed by atoms with Crippen LogP contribution < -0.4 is 4.74 Å². The number of piperidine rings is 1. The second-order valence-corrected chi connectivity index (χ2v) is 7.88. The molecule has 0 bridgehead atoms. The number of likely N-dealkylation sites (N-methyl/N-ethyl adjacent to an activating group) is 1. The number of carbonyl (C=O) groups excluding carboxylic acids is 1. The van der Waals surface area contributed by atoms with Crippen LogP contribution in [0.2, 0.25) is 0 Å². The van der Waals surface area contributed by atoms with Gasteiger partial charge in [-0.3, -0.25) is 14.4 Å². The van der Waals surface area contributed by atoms with Gasteiger partial charge in [0.15, 0.2) is 0 Å². The number of likely N-dealkylation sites (tertiary alicyclic amines) is 2.